The maximum Gasteiger partial charge on any atom is 0.316 e. The number of urea groups is 1. The molecule has 23 heavy (non-hydrogen) atoms. The molecule has 1 aliphatic rings. The fraction of sp³-hybridized carbons (Fsp3) is 0.316. The van der Waals surface area contributed by atoms with Gasteiger partial charge >= 0.3 is 6.03 Å². The Morgan fingerprint density at radius 3 is 2.43 bits per heavy atom. The lowest BCUT2D eigenvalue weighted by Crippen LogP contribution is -2.19. The van der Waals surface area contributed by atoms with Crippen LogP contribution in [0, 0.1) is 0 Å². The second kappa shape index (κ2) is 7.18. The predicted octanol–water partition coefficient (Wildman–Crippen LogP) is 4.56. The molecule has 4 heteroatoms. The highest BCUT2D eigenvalue weighted by atomic mass is 16.5. The van der Waals surface area contributed by atoms with E-state index < -0.39 is 6.03 Å². The number of benzene rings is 2. The van der Waals surface area contributed by atoms with E-state index in [1.807, 2.05) is 36.4 Å². The van der Waals surface area contributed by atoms with Crippen LogP contribution < -0.4 is 15.8 Å². The molecule has 1 aliphatic carbocycles. The smallest absolute Gasteiger partial charge is 0.316 e. The molecule has 3 rings (SSSR count). The summed E-state index contributed by atoms with van der Waals surface area (Å²) in [5.74, 6) is 0.925. The quantitative estimate of drug-likeness (QED) is 0.869. The van der Waals surface area contributed by atoms with Crippen LogP contribution in [0.15, 0.2) is 48.5 Å². The first kappa shape index (κ1) is 15.4. The third kappa shape index (κ3) is 4.25. The minimum Gasteiger partial charge on any atom is -0.490 e. The van der Waals surface area contributed by atoms with E-state index in [1.165, 1.54) is 19.3 Å². The van der Waals surface area contributed by atoms with Gasteiger partial charge in [-0.2, -0.15) is 0 Å². The van der Waals surface area contributed by atoms with Gasteiger partial charge in [0.05, 0.1) is 6.10 Å². The molecule has 3 N–H and O–H groups in total. The second-order valence-corrected chi connectivity index (χ2v) is 5.97. The maximum atomic E-state index is 10.9. The van der Waals surface area contributed by atoms with Crippen molar-refractivity contribution in [3.8, 4) is 16.9 Å². The van der Waals surface area contributed by atoms with Crippen LogP contribution in [-0.2, 0) is 0 Å². The number of hydrogen-bond donors (Lipinski definition) is 2. The Kier molecular flexibility index (Phi) is 4.81. The van der Waals surface area contributed by atoms with Crippen LogP contribution in [0.25, 0.3) is 11.1 Å². The van der Waals surface area contributed by atoms with E-state index in [4.69, 9.17) is 10.5 Å². The molecule has 1 saturated carbocycles. The first-order chi connectivity index (χ1) is 11.2. The highest BCUT2D eigenvalue weighted by molar-refractivity contribution is 5.88. The Morgan fingerprint density at radius 2 is 1.74 bits per heavy atom. The Morgan fingerprint density at radius 1 is 1.00 bits per heavy atom. The number of nitrogens with one attached hydrogen (secondary N) is 1. The van der Waals surface area contributed by atoms with Crippen LogP contribution in [0.5, 0.6) is 5.75 Å². The molecule has 0 spiro atoms. The molecule has 0 unspecified atom stereocenters. The van der Waals surface area contributed by atoms with E-state index in [2.05, 4.69) is 17.4 Å². The van der Waals surface area contributed by atoms with E-state index in [9.17, 15) is 4.79 Å². The molecule has 0 bridgehead atoms. The number of rotatable bonds is 4. The lowest BCUT2D eigenvalue weighted by Gasteiger charge is -2.23. The number of carbonyl (C=O) groups is 1. The summed E-state index contributed by atoms with van der Waals surface area (Å²) in [6.45, 7) is 0. The summed E-state index contributed by atoms with van der Waals surface area (Å²) in [7, 11) is 0. The van der Waals surface area contributed by atoms with Gasteiger partial charge in [-0.1, -0.05) is 30.7 Å². The van der Waals surface area contributed by atoms with E-state index in [0.29, 0.717) is 11.8 Å². The van der Waals surface area contributed by atoms with Crippen molar-refractivity contribution in [2.24, 2.45) is 5.73 Å². The zero-order valence-electron chi connectivity index (χ0n) is 13.1. The standard InChI is InChI=1S/C19H22N2O2/c20-19(22)21-16-11-9-14(10-12-16)15-5-4-8-18(13-15)23-17-6-2-1-3-7-17/h4-5,8-13,17H,1-3,6-7H2,(H3,20,21,22). The van der Waals surface area contributed by atoms with E-state index in [-0.39, 0.29) is 0 Å². The van der Waals surface area contributed by atoms with Gasteiger partial charge in [0.1, 0.15) is 5.75 Å². The topological polar surface area (TPSA) is 64.4 Å². The predicted molar refractivity (Wildman–Crippen MR) is 92.6 cm³/mol. The van der Waals surface area contributed by atoms with Crippen molar-refractivity contribution < 1.29 is 9.53 Å². The highest BCUT2D eigenvalue weighted by Gasteiger charge is 2.14. The maximum absolute atomic E-state index is 10.9. The molecule has 0 atom stereocenters. The molecule has 0 aliphatic heterocycles. The number of hydrogen-bond acceptors (Lipinski definition) is 2. The van der Waals surface area contributed by atoms with Crippen molar-refractivity contribution in [2.45, 2.75) is 38.2 Å². The minimum absolute atomic E-state index is 0.348. The average Bonchev–Trinajstić information content (AvgIpc) is 2.56. The molecule has 0 saturated heterocycles. The van der Waals surface area contributed by atoms with Gasteiger partial charge in [-0.15, -0.1) is 0 Å². The van der Waals surface area contributed by atoms with E-state index in [1.54, 1.807) is 0 Å². The van der Waals surface area contributed by atoms with Crippen molar-refractivity contribution in [2.75, 3.05) is 5.32 Å². The number of anilines is 1. The van der Waals surface area contributed by atoms with E-state index >= 15 is 0 Å². The van der Waals surface area contributed by atoms with Gasteiger partial charge in [-0.3, -0.25) is 0 Å². The largest absolute Gasteiger partial charge is 0.490 e. The number of nitrogens with two attached hydrogens (primary N) is 1. The van der Waals surface area contributed by atoms with Crippen molar-refractivity contribution in [3.63, 3.8) is 0 Å². The summed E-state index contributed by atoms with van der Waals surface area (Å²) in [6, 6.07) is 15.2. The van der Waals surface area contributed by atoms with E-state index in [0.717, 1.165) is 29.7 Å². The second-order valence-electron chi connectivity index (χ2n) is 5.97. The Hall–Kier alpha value is -2.49. The molecule has 0 heterocycles. The molecule has 4 nitrogen and oxygen atoms in total. The molecule has 0 radical (unpaired) electrons. The zero-order chi connectivity index (χ0) is 16.1. The molecule has 2 aromatic carbocycles. The SMILES string of the molecule is NC(=O)Nc1ccc(-c2cccc(OC3CCCCC3)c2)cc1. The van der Waals surface area contributed by atoms with Crippen LogP contribution in [0.2, 0.25) is 0 Å². The summed E-state index contributed by atoms with van der Waals surface area (Å²) in [6.07, 6.45) is 6.50. The average molecular weight is 310 g/mol. The zero-order valence-corrected chi connectivity index (χ0v) is 13.1. The van der Waals surface area contributed by atoms with Crippen LogP contribution in [0.1, 0.15) is 32.1 Å². The number of amides is 2. The Labute approximate surface area is 136 Å². The van der Waals surface area contributed by atoms with Gasteiger partial charge in [0, 0.05) is 5.69 Å². The number of carbonyl (C=O) groups excluding carboxylic acids is 1. The fourth-order valence-electron chi connectivity index (χ4n) is 3.01. The molecule has 1 fully saturated rings. The Balaban J connectivity index is 1.72. The third-order valence-electron chi connectivity index (χ3n) is 4.17. The number of primary amides is 1. The van der Waals surface area contributed by atoms with Gasteiger partial charge in [0.2, 0.25) is 0 Å². The normalized spacial score (nSPS) is 15.1. The van der Waals surface area contributed by atoms with Crippen molar-refractivity contribution >= 4 is 11.7 Å². The molecular weight excluding hydrogens is 288 g/mol. The summed E-state index contributed by atoms with van der Waals surface area (Å²) in [5, 5.41) is 2.56. The minimum atomic E-state index is -0.555. The van der Waals surface area contributed by atoms with Crippen LogP contribution in [0.3, 0.4) is 0 Å². The monoisotopic (exact) mass is 310 g/mol. The van der Waals surface area contributed by atoms with Gasteiger partial charge in [-0.25, -0.2) is 4.79 Å². The first-order valence-electron chi connectivity index (χ1n) is 8.14. The summed E-state index contributed by atoms with van der Waals surface area (Å²) < 4.78 is 6.12. The fourth-order valence-corrected chi connectivity index (χ4v) is 3.01. The molecule has 2 amide bonds. The summed E-state index contributed by atoms with van der Waals surface area (Å²) in [4.78, 5) is 10.9. The van der Waals surface area contributed by atoms with Gasteiger partial charge < -0.3 is 15.8 Å². The van der Waals surface area contributed by atoms with Crippen molar-refractivity contribution in [1.82, 2.24) is 0 Å². The van der Waals surface area contributed by atoms with Gasteiger partial charge in [0.25, 0.3) is 0 Å². The first-order valence-corrected chi connectivity index (χ1v) is 8.14. The Bertz CT molecular complexity index is 661. The highest BCUT2D eigenvalue weighted by Crippen LogP contribution is 2.28. The summed E-state index contributed by atoms with van der Waals surface area (Å²) in [5.41, 5.74) is 7.99. The van der Waals surface area contributed by atoms with Crippen molar-refractivity contribution in [1.29, 1.82) is 0 Å². The lowest BCUT2D eigenvalue weighted by molar-refractivity contribution is 0.155. The van der Waals surface area contributed by atoms with Crippen LogP contribution >= 0.6 is 0 Å². The van der Waals surface area contributed by atoms with Crippen LogP contribution in [-0.4, -0.2) is 12.1 Å². The summed E-state index contributed by atoms with van der Waals surface area (Å²) >= 11 is 0. The van der Waals surface area contributed by atoms with Gasteiger partial charge in [-0.05, 0) is 61.1 Å². The molecule has 2 aromatic rings. The van der Waals surface area contributed by atoms with Crippen LogP contribution in [0.4, 0.5) is 10.5 Å². The third-order valence-corrected chi connectivity index (χ3v) is 4.17. The lowest BCUT2D eigenvalue weighted by atomic mass is 9.97. The van der Waals surface area contributed by atoms with Gasteiger partial charge in [0.15, 0.2) is 0 Å². The molecular formula is C19H22N2O2. The molecule has 0 aromatic heterocycles. The molecule has 120 valence electrons. The number of ether oxygens (including phenoxy) is 1. The van der Waals surface area contributed by atoms with Crippen molar-refractivity contribution in [3.05, 3.63) is 48.5 Å².